The van der Waals surface area contributed by atoms with Gasteiger partial charge >= 0.3 is 0 Å². The number of ketones is 1. The van der Waals surface area contributed by atoms with Crippen molar-refractivity contribution in [2.75, 3.05) is 5.75 Å². The van der Waals surface area contributed by atoms with Gasteiger partial charge in [-0.1, -0.05) is 90.9 Å². The SMILES string of the molecule is CC1(C)C2CCC1(CS(=O)(=O)OS(Cc1ccccc1)(c1ccccc1)c1ccccc1)C(=O)C2. The highest BCUT2D eigenvalue weighted by molar-refractivity contribution is 8.32. The van der Waals surface area contributed by atoms with Crippen molar-refractivity contribution in [2.24, 2.45) is 16.7 Å². The smallest absolute Gasteiger partial charge is 0.278 e. The zero-order chi connectivity index (χ0) is 24.7. The first-order valence-corrected chi connectivity index (χ1v) is 15.4. The summed E-state index contributed by atoms with van der Waals surface area (Å²) < 4.78 is 34.5. The number of fused-ring (bicyclic) bond motifs is 2. The maximum atomic E-state index is 14.0. The quantitative estimate of drug-likeness (QED) is 0.337. The van der Waals surface area contributed by atoms with Crippen molar-refractivity contribution in [1.29, 1.82) is 0 Å². The molecule has 0 saturated heterocycles. The Balaban J connectivity index is 1.62. The van der Waals surface area contributed by atoms with E-state index in [2.05, 4.69) is 13.8 Å². The van der Waals surface area contributed by atoms with E-state index in [4.69, 9.17) is 3.63 Å². The summed E-state index contributed by atoms with van der Waals surface area (Å²) in [6.07, 6.45) is 1.99. The minimum absolute atomic E-state index is 0.0778. The Morgan fingerprint density at radius 2 is 1.34 bits per heavy atom. The number of hydrogen-bond donors (Lipinski definition) is 0. The summed E-state index contributed by atoms with van der Waals surface area (Å²) in [5.41, 5.74) is -0.221. The van der Waals surface area contributed by atoms with Crippen LogP contribution in [0.25, 0.3) is 0 Å². The zero-order valence-corrected chi connectivity index (χ0v) is 21.9. The molecular formula is C29H32O4S2. The summed E-state index contributed by atoms with van der Waals surface area (Å²) in [5.74, 6) is 0.489. The Kier molecular flexibility index (Phi) is 6.19. The second-order valence-electron chi connectivity index (χ2n) is 10.4. The molecular weight excluding hydrogens is 476 g/mol. The molecule has 6 heteroatoms. The summed E-state index contributed by atoms with van der Waals surface area (Å²) in [6, 6.07) is 29.2. The van der Waals surface area contributed by atoms with Gasteiger partial charge in [0.25, 0.3) is 10.1 Å². The first kappa shape index (κ1) is 24.3. The van der Waals surface area contributed by atoms with Gasteiger partial charge in [-0.15, -0.1) is 0 Å². The minimum Gasteiger partial charge on any atom is -0.299 e. The maximum absolute atomic E-state index is 14.0. The van der Waals surface area contributed by atoms with E-state index in [-0.39, 0.29) is 22.9 Å². The maximum Gasteiger partial charge on any atom is 0.278 e. The predicted octanol–water partition coefficient (Wildman–Crippen LogP) is 6.77. The Bertz CT molecular complexity index is 1270. The van der Waals surface area contributed by atoms with Crippen LogP contribution in [0, 0.1) is 16.7 Å². The standard InChI is InChI=1S/C29H32O4S2/c1-28(2)24-18-19-29(28,27(30)20-24)22-35(31,32)33-34(25-14-8-4-9-15-25,26-16-10-5-11-17-26)21-23-12-6-3-7-13-23/h3-17,24H,18-22H2,1-2H3. The van der Waals surface area contributed by atoms with E-state index >= 15 is 0 Å². The number of rotatable bonds is 8. The van der Waals surface area contributed by atoms with Gasteiger partial charge in [0, 0.05) is 22.0 Å². The van der Waals surface area contributed by atoms with Gasteiger partial charge in [-0.25, -0.2) is 3.63 Å². The highest BCUT2D eigenvalue weighted by Crippen LogP contribution is 2.68. The van der Waals surface area contributed by atoms with Gasteiger partial charge in [-0.3, -0.25) is 4.79 Å². The molecule has 4 nitrogen and oxygen atoms in total. The molecule has 2 atom stereocenters. The van der Waals surface area contributed by atoms with Gasteiger partial charge in [0.15, 0.2) is 0 Å². The van der Waals surface area contributed by atoms with E-state index < -0.39 is 25.8 Å². The lowest BCUT2D eigenvalue weighted by Gasteiger charge is -2.41. The topological polar surface area (TPSA) is 60.4 Å². The zero-order valence-electron chi connectivity index (χ0n) is 20.2. The van der Waals surface area contributed by atoms with Crippen LogP contribution in [0.4, 0.5) is 0 Å². The van der Waals surface area contributed by atoms with Crippen LogP contribution in [0.1, 0.15) is 38.7 Å². The fourth-order valence-corrected chi connectivity index (χ4v) is 12.3. The highest BCUT2D eigenvalue weighted by Gasteiger charge is 2.65. The van der Waals surface area contributed by atoms with E-state index in [0.717, 1.165) is 21.8 Å². The third-order valence-corrected chi connectivity index (χ3v) is 13.7. The Labute approximate surface area is 210 Å². The van der Waals surface area contributed by atoms with Gasteiger partial charge in [0.05, 0.1) is 11.2 Å². The molecule has 2 aliphatic carbocycles. The van der Waals surface area contributed by atoms with E-state index in [1.807, 2.05) is 91.0 Å². The van der Waals surface area contributed by atoms with Crippen molar-refractivity contribution in [3.63, 3.8) is 0 Å². The normalized spacial score (nSPS) is 23.9. The molecule has 0 N–H and O–H groups in total. The first-order chi connectivity index (χ1) is 16.7. The van der Waals surface area contributed by atoms with Crippen LogP contribution in [-0.2, 0) is 24.3 Å². The van der Waals surface area contributed by atoms with E-state index in [0.29, 0.717) is 18.6 Å². The first-order valence-electron chi connectivity index (χ1n) is 12.1. The van der Waals surface area contributed by atoms with Crippen LogP contribution in [0.15, 0.2) is 101 Å². The fraction of sp³-hybridized carbons (Fsp3) is 0.345. The second kappa shape index (κ2) is 8.91. The van der Waals surface area contributed by atoms with Gasteiger partial charge in [0.2, 0.25) is 0 Å². The van der Waals surface area contributed by atoms with E-state index in [1.54, 1.807) is 0 Å². The van der Waals surface area contributed by atoms with Crippen LogP contribution in [0.5, 0.6) is 0 Å². The van der Waals surface area contributed by atoms with Crippen LogP contribution in [0.2, 0.25) is 0 Å². The molecule has 5 rings (SSSR count). The van der Waals surface area contributed by atoms with Crippen molar-refractivity contribution in [2.45, 2.75) is 48.7 Å². The van der Waals surface area contributed by atoms with Gasteiger partial charge in [-0.2, -0.15) is 8.42 Å². The molecule has 2 unspecified atom stereocenters. The molecule has 2 fully saturated rings. The molecule has 2 saturated carbocycles. The molecule has 184 valence electrons. The van der Waals surface area contributed by atoms with Crippen molar-refractivity contribution >= 4 is 26.2 Å². The molecule has 3 aromatic rings. The van der Waals surface area contributed by atoms with Crippen LogP contribution < -0.4 is 0 Å². The molecule has 0 spiro atoms. The molecule has 2 aliphatic rings. The average molecular weight is 509 g/mol. The Morgan fingerprint density at radius 1 is 0.829 bits per heavy atom. The summed E-state index contributed by atoms with van der Waals surface area (Å²) in [4.78, 5) is 14.8. The van der Waals surface area contributed by atoms with Gasteiger partial charge in [-0.05, 0) is 54.0 Å². The number of carbonyl (C=O) groups is 1. The van der Waals surface area contributed by atoms with Crippen molar-refractivity contribution in [1.82, 2.24) is 0 Å². The fourth-order valence-electron chi connectivity index (χ4n) is 6.11. The van der Waals surface area contributed by atoms with E-state index in [1.165, 1.54) is 0 Å². The summed E-state index contributed by atoms with van der Waals surface area (Å²) in [5, 5.41) is 0. The van der Waals surface area contributed by atoms with Crippen molar-refractivity contribution < 1.29 is 16.8 Å². The van der Waals surface area contributed by atoms with Crippen molar-refractivity contribution in [3.05, 3.63) is 96.6 Å². The monoisotopic (exact) mass is 508 g/mol. The third-order valence-electron chi connectivity index (χ3n) is 8.24. The predicted molar refractivity (Wildman–Crippen MR) is 141 cm³/mol. The largest absolute Gasteiger partial charge is 0.299 e. The molecule has 0 amide bonds. The Morgan fingerprint density at radius 3 is 1.80 bits per heavy atom. The number of benzene rings is 3. The molecule has 0 aliphatic heterocycles. The molecule has 3 aromatic carbocycles. The van der Waals surface area contributed by atoms with Crippen LogP contribution in [-0.4, -0.2) is 20.0 Å². The number of Topliss-reactive ketones (excluding diaryl/α,β-unsaturated/α-hetero) is 1. The Hall–Kier alpha value is -2.41. The summed E-state index contributed by atoms with van der Waals surface area (Å²) in [6.45, 7) is 4.12. The molecule has 2 bridgehead atoms. The lowest BCUT2D eigenvalue weighted by atomic mass is 9.70. The lowest BCUT2D eigenvalue weighted by Crippen LogP contribution is -2.42. The third kappa shape index (κ3) is 4.15. The number of hydrogen-bond acceptors (Lipinski definition) is 4. The second-order valence-corrected chi connectivity index (χ2v) is 14.9. The van der Waals surface area contributed by atoms with Gasteiger partial charge < -0.3 is 0 Å². The highest BCUT2D eigenvalue weighted by atomic mass is 32.3. The van der Waals surface area contributed by atoms with Crippen LogP contribution >= 0.6 is 10.3 Å². The van der Waals surface area contributed by atoms with Crippen LogP contribution in [0.3, 0.4) is 0 Å². The average Bonchev–Trinajstić information content (AvgIpc) is 3.19. The minimum atomic E-state index is -4.07. The van der Waals surface area contributed by atoms with Crippen molar-refractivity contribution in [3.8, 4) is 0 Å². The summed E-state index contributed by atoms with van der Waals surface area (Å²) >= 11 is 0. The molecule has 0 heterocycles. The lowest BCUT2D eigenvalue weighted by molar-refractivity contribution is -0.128. The molecule has 35 heavy (non-hydrogen) atoms. The summed E-state index contributed by atoms with van der Waals surface area (Å²) in [7, 11) is -6.55. The number of carbonyl (C=O) groups excluding carboxylic acids is 1. The molecule has 0 radical (unpaired) electrons. The van der Waals surface area contributed by atoms with E-state index in [9.17, 15) is 13.2 Å². The van der Waals surface area contributed by atoms with Gasteiger partial charge in [0.1, 0.15) is 5.78 Å². The molecule has 0 aromatic heterocycles.